The molecule has 98 valence electrons. The van der Waals surface area contributed by atoms with Crippen LogP contribution in [0.4, 0.5) is 4.39 Å². The van der Waals surface area contributed by atoms with E-state index in [-0.39, 0.29) is 22.4 Å². The minimum absolute atomic E-state index is 0.0247. The fourth-order valence-corrected chi connectivity index (χ4v) is 1.90. The summed E-state index contributed by atoms with van der Waals surface area (Å²) in [7, 11) is 0. The lowest BCUT2D eigenvalue weighted by atomic mass is 10.2. The van der Waals surface area contributed by atoms with Crippen molar-refractivity contribution >= 4 is 21.8 Å². The van der Waals surface area contributed by atoms with Gasteiger partial charge in [0.2, 0.25) is 0 Å². The van der Waals surface area contributed by atoms with Crippen molar-refractivity contribution in [2.75, 3.05) is 0 Å². The fourth-order valence-electron chi connectivity index (χ4n) is 1.58. The lowest BCUT2D eigenvalue weighted by Gasteiger charge is -2.10. The summed E-state index contributed by atoms with van der Waals surface area (Å²) in [6.07, 6.45) is 0. The number of rotatable bonds is 4. The zero-order valence-corrected chi connectivity index (χ0v) is 11.5. The van der Waals surface area contributed by atoms with Gasteiger partial charge in [0.1, 0.15) is 18.2 Å². The summed E-state index contributed by atoms with van der Waals surface area (Å²) in [5.74, 6) is -1.03. The van der Waals surface area contributed by atoms with Crippen LogP contribution in [0.15, 0.2) is 46.9 Å². The van der Waals surface area contributed by atoms with Crippen LogP contribution in [0.3, 0.4) is 0 Å². The SMILES string of the molecule is NC(=O)c1cc(F)c(Br)cc1OCc1ccccc1. The Morgan fingerprint density at radius 1 is 1.26 bits per heavy atom. The standard InChI is InChI=1S/C14H11BrFNO2/c15-11-7-13(10(14(17)18)6-12(11)16)19-8-9-4-2-1-3-5-9/h1-7H,8H2,(H2,17,18). The van der Waals surface area contributed by atoms with Gasteiger partial charge in [-0.3, -0.25) is 4.79 Å². The smallest absolute Gasteiger partial charge is 0.252 e. The summed E-state index contributed by atoms with van der Waals surface area (Å²) >= 11 is 3.05. The Morgan fingerprint density at radius 2 is 1.95 bits per heavy atom. The van der Waals surface area contributed by atoms with E-state index in [1.54, 1.807) is 0 Å². The largest absolute Gasteiger partial charge is 0.488 e. The Labute approximate surface area is 118 Å². The Hall–Kier alpha value is -1.88. The lowest BCUT2D eigenvalue weighted by Crippen LogP contribution is -2.13. The van der Waals surface area contributed by atoms with Crippen LogP contribution in [0.1, 0.15) is 15.9 Å². The van der Waals surface area contributed by atoms with E-state index in [4.69, 9.17) is 10.5 Å². The molecule has 1 amide bonds. The molecule has 0 aliphatic heterocycles. The summed E-state index contributed by atoms with van der Waals surface area (Å²) in [4.78, 5) is 11.3. The van der Waals surface area contributed by atoms with Gasteiger partial charge in [0.25, 0.3) is 5.91 Å². The Morgan fingerprint density at radius 3 is 2.58 bits per heavy atom. The molecule has 0 saturated heterocycles. The van der Waals surface area contributed by atoms with Crippen molar-refractivity contribution in [1.29, 1.82) is 0 Å². The van der Waals surface area contributed by atoms with E-state index in [0.29, 0.717) is 0 Å². The Bertz CT molecular complexity index is 602. The second-order valence-electron chi connectivity index (χ2n) is 3.90. The molecule has 5 heteroatoms. The highest BCUT2D eigenvalue weighted by molar-refractivity contribution is 9.10. The summed E-state index contributed by atoms with van der Waals surface area (Å²) in [6.45, 7) is 0.277. The fraction of sp³-hybridized carbons (Fsp3) is 0.0714. The molecule has 0 saturated carbocycles. The molecule has 3 nitrogen and oxygen atoms in total. The van der Waals surface area contributed by atoms with Gasteiger partial charge in [-0.1, -0.05) is 30.3 Å². The molecular formula is C14H11BrFNO2. The van der Waals surface area contributed by atoms with Crippen molar-refractivity contribution in [2.45, 2.75) is 6.61 Å². The van der Waals surface area contributed by atoms with Gasteiger partial charge >= 0.3 is 0 Å². The number of benzene rings is 2. The lowest BCUT2D eigenvalue weighted by molar-refractivity contribution is 0.0995. The van der Waals surface area contributed by atoms with Gasteiger partial charge in [-0.2, -0.15) is 0 Å². The van der Waals surface area contributed by atoms with Gasteiger partial charge < -0.3 is 10.5 Å². The highest BCUT2D eigenvalue weighted by Crippen LogP contribution is 2.27. The maximum Gasteiger partial charge on any atom is 0.252 e. The van der Waals surface area contributed by atoms with Gasteiger partial charge in [0.15, 0.2) is 0 Å². The first kappa shape index (κ1) is 13.5. The Balaban J connectivity index is 2.24. The average Bonchev–Trinajstić information content (AvgIpc) is 2.40. The third-order valence-corrected chi connectivity index (χ3v) is 3.13. The first-order valence-corrected chi connectivity index (χ1v) is 6.33. The highest BCUT2D eigenvalue weighted by Gasteiger charge is 2.14. The van der Waals surface area contributed by atoms with Gasteiger partial charge in [-0.25, -0.2) is 4.39 Å². The van der Waals surface area contributed by atoms with E-state index in [9.17, 15) is 9.18 Å². The minimum Gasteiger partial charge on any atom is -0.488 e. The number of hydrogen-bond acceptors (Lipinski definition) is 2. The molecule has 0 bridgehead atoms. The molecule has 0 aromatic heterocycles. The quantitative estimate of drug-likeness (QED) is 0.938. The number of amides is 1. The number of nitrogens with two attached hydrogens (primary N) is 1. The first-order valence-electron chi connectivity index (χ1n) is 5.53. The summed E-state index contributed by atoms with van der Waals surface area (Å²) in [6, 6.07) is 11.9. The van der Waals surface area contributed by atoms with Crippen molar-refractivity contribution in [3.8, 4) is 5.75 Å². The molecule has 0 radical (unpaired) electrons. The molecule has 2 aromatic rings. The van der Waals surface area contributed by atoms with Crippen molar-refractivity contribution in [2.24, 2.45) is 5.73 Å². The normalized spacial score (nSPS) is 10.2. The number of carbonyl (C=O) groups is 1. The van der Waals surface area contributed by atoms with E-state index in [0.717, 1.165) is 11.6 Å². The molecule has 0 atom stereocenters. The molecule has 0 spiro atoms. The average molecular weight is 324 g/mol. The van der Waals surface area contributed by atoms with Crippen LogP contribution >= 0.6 is 15.9 Å². The van der Waals surface area contributed by atoms with Crippen molar-refractivity contribution in [1.82, 2.24) is 0 Å². The molecule has 2 aromatic carbocycles. The summed E-state index contributed by atoms with van der Waals surface area (Å²) in [5.41, 5.74) is 6.17. The predicted molar refractivity (Wildman–Crippen MR) is 73.4 cm³/mol. The number of ether oxygens (including phenoxy) is 1. The summed E-state index contributed by atoms with van der Waals surface area (Å²) in [5, 5.41) is 0. The molecule has 2 rings (SSSR count). The minimum atomic E-state index is -0.727. The maximum absolute atomic E-state index is 13.4. The topological polar surface area (TPSA) is 52.3 Å². The van der Waals surface area contributed by atoms with Crippen LogP contribution in [0.5, 0.6) is 5.75 Å². The number of primary amides is 1. The second kappa shape index (κ2) is 5.84. The third kappa shape index (κ3) is 3.32. The van der Waals surface area contributed by atoms with Crippen LogP contribution in [-0.4, -0.2) is 5.91 Å². The monoisotopic (exact) mass is 323 g/mol. The van der Waals surface area contributed by atoms with Gasteiger partial charge in [0.05, 0.1) is 10.0 Å². The second-order valence-corrected chi connectivity index (χ2v) is 4.76. The molecule has 19 heavy (non-hydrogen) atoms. The van der Waals surface area contributed by atoms with Crippen LogP contribution in [0.25, 0.3) is 0 Å². The predicted octanol–water partition coefficient (Wildman–Crippen LogP) is 3.27. The van der Waals surface area contributed by atoms with Gasteiger partial charge in [-0.05, 0) is 33.6 Å². The molecule has 0 aliphatic rings. The van der Waals surface area contributed by atoms with E-state index in [1.807, 2.05) is 30.3 Å². The van der Waals surface area contributed by atoms with Crippen LogP contribution in [-0.2, 0) is 6.61 Å². The maximum atomic E-state index is 13.4. The van der Waals surface area contributed by atoms with E-state index in [2.05, 4.69) is 15.9 Å². The number of hydrogen-bond donors (Lipinski definition) is 1. The van der Waals surface area contributed by atoms with Gasteiger partial charge in [-0.15, -0.1) is 0 Å². The van der Waals surface area contributed by atoms with Crippen LogP contribution in [0.2, 0.25) is 0 Å². The molecular weight excluding hydrogens is 313 g/mol. The zero-order valence-electron chi connectivity index (χ0n) is 9.90. The molecule has 0 fully saturated rings. The zero-order chi connectivity index (χ0) is 13.8. The van der Waals surface area contributed by atoms with E-state index < -0.39 is 11.7 Å². The molecule has 0 aliphatic carbocycles. The molecule has 0 unspecified atom stereocenters. The first-order chi connectivity index (χ1) is 9.08. The summed E-state index contributed by atoms with van der Waals surface area (Å²) < 4.78 is 19.1. The number of carbonyl (C=O) groups excluding carboxylic acids is 1. The van der Waals surface area contributed by atoms with Gasteiger partial charge in [0, 0.05) is 0 Å². The van der Waals surface area contributed by atoms with E-state index >= 15 is 0 Å². The van der Waals surface area contributed by atoms with Crippen LogP contribution in [0, 0.1) is 5.82 Å². The van der Waals surface area contributed by atoms with Crippen molar-refractivity contribution in [3.05, 3.63) is 63.9 Å². The Kier molecular flexibility index (Phi) is 4.16. The molecule has 0 heterocycles. The van der Waals surface area contributed by atoms with Crippen LogP contribution < -0.4 is 10.5 Å². The van der Waals surface area contributed by atoms with Crippen molar-refractivity contribution in [3.63, 3.8) is 0 Å². The van der Waals surface area contributed by atoms with E-state index in [1.165, 1.54) is 6.07 Å². The molecule has 2 N–H and O–H groups in total. The highest BCUT2D eigenvalue weighted by atomic mass is 79.9. The third-order valence-electron chi connectivity index (χ3n) is 2.53. The number of halogens is 2. The van der Waals surface area contributed by atoms with Crippen molar-refractivity contribution < 1.29 is 13.9 Å².